The highest BCUT2D eigenvalue weighted by Gasteiger charge is 2.34. The maximum Gasteiger partial charge on any atom is 0.258 e. The number of fused-ring (bicyclic) bond motifs is 1. The van der Waals surface area contributed by atoms with Crippen LogP contribution in [0.2, 0.25) is 0 Å². The Labute approximate surface area is 225 Å². The van der Waals surface area contributed by atoms with E-state index in [-0.39, 0.29) is 48.5 Å². The number of benzene rings is 1. The van der Waals surface area contributed by atoms with Crippen LogP contribution in [0.4, 0.5) is 4.39 Å². The molecule has 2 atom stereocenters. The second-order valence-electron chi connectivity index (χ2n) is 9.98. The van der Waals surface area contributed by atoms with Crippen molar-refractivity contribution >= 4 is 40.5 Å². The van der Waals surface area contributed by atoms with Crippen molar-refractivity contribution < 1.29 is 23.5 Å². The van der Waals surface area contributed by atoms with Crippen molar-refractivity contribution in [3.8, 4) is 0 Å². The van der Waals surface area contributed by atoms with Gasteiger partial charge in [-0.3, -0.25) is 19.3 Å². The van der Waals surface area contributed by atoms with E-state index in [0.29, 0.717) is 57.0 Å². The lowest BCUT2D eigenvalue weighted by Gasteiger charge is -2.35. The highest BCUT2D eigenvalue weighted by molar-refractivity contribution is 7.10. The Kier molecular flexibility index (Phi) is 8.21. The number of rotatable bonds is 8. The first kappa shape index (κ1) is 26.5. The van der Waals surface area contributed by atoms with Gasteiger partial charge in [0.2, 0.25) is 5.91 Å². The molecule has 0 saturated carbocycles. The number of nitrogens with zero attached hydrogens (tertiary/aromatic N) is 4. The average molecular weight is 539 g/mol. The summed E-state index contributed by atoms with van der Waals surface area (Å²) in [6.07, 6.45) is 1.88. The van der Waals surface area contributed by atoms with Gasteiger partial charge in [-0.2, -0.15) is 4.99 Å². The van der Waals surface area contributed by atoms with Gasteiger partial charge in [0.1, 0.15) is 11.7 Å². The molecule has 3 aliphatic rings. The van der Waals surface area contributed by atoms with Crippen LogP contribution < -0.4 is 0 Å². The van der Waals surface area contributed by atoms with Crippen LogP contribution in [0.5, 0.6) is 0 Å². The molecule has 38 heavy (non-hydrogen) atoms. The minimum absolute atomic E-state index is 0.0226. The van der Waals surface area contributed by atoms with Gasteiger partial charge in [-0.15, -0.1) is 11.3 Å². The van der Waals surface area contributed by atoms with E-state index in [9.17, 15) is 18.8 Å². The van der Waals surface area contributed by atoms with Crippen molar-refractivity contribution in [1.82, 2.24) is 9.80 Å². The topological polar surface area (TPSA) is 91.6 Å². The molecule has 1 aromatic heterocycles. The van der Waals surface area contributed by atoms with Crippen LogP contribution in [0.1, 0.15) is 47.5 Å². The number of amides is 2. The first-order valence-electron chi connectivity index (χ1n) is 13.0. The Morgan fingerprint density at radius 2 is 1.95 bits per heavy atom. The molecular weight excluding hydrogens is 507 g/mol. The van der Waals surface area contributed by atoms with Crippen LogP contribution in [0.25, 0.3) is 0 Å². The molecular formula is C28H31FN4O4S. The van der Waals surface area contributed by atoms with Crippen LogP contribution in [-0.2, 0) is 14.3 Å². The number of ether oxygens (including phenoxy) is 1. The lowest BCUT2D eigenvalue weighted by molar-refractivity contribution is -0.134. The molecule has 0 aliphatic carbocycles. The van der Waals surface area contributed by atoms with E-state index in [1.54, 1.807) is 16.2 Å². The molecule has 0 radical (unpaired) electrons. The standard InChI is InChI=1S/C28H31FN4O4S/c1-18(24-3-2-14-38-24)33(15-25-30-23-10-13-37-17-22(23)28(36)31-25)26(34)16-32-11-8-20(9-12-32)27(35)19-4-6-21(29)7-5-19/h2-7,14,18,20,22H,8-13,15-17H2,1H3. The number of likely N-dealkylation sites (tertiary alicyclic amines) is 1. The molecule has 10 heteroatoms. The van der Waals surface area contributed by atoms with Gasteiger partial charge >= 0.3 is 0 Å². The van der Waals surface area contributed by atoms with Crippen LogP contribution >= 0.6 is 11.3 Å². The Morgan fingerprint density at radius 1 is 1.18 bits per heavy atom. The van der Waals surface area contributed by atoms with Gasteiger partial charge in [0, 0.05) is 28.5 Å². The van der Waals surface area contributed by atoms with E-state index in [0.717, 1.165) is 10.6 Å². The molecule has 2 amide bonds. The third kappa shape index (κ3) is 5.98. The number of Topliss-reactive ketones (excluding diaryl/α,β-unsaturated/α-hetero) is 1. The van der Waals surface area contributed by atoms with Gasteiger partial charge in [-0.1, -0.05) is 6.07 Å². The summed E-state index contributed by atoms with van der Waals surface area (Å²) >= 11 is 1.58. The van der Waals surface area contributed by atoms with Crippen molar-refractivity contribution in [2.75, 3.05) is 39.4 Å². The summed E-state index contributed by atoms with van der Waals surface area (Å²) in [4.78, 5) is 52.8. The number of aliphatic imine (C=N–C) groups is 2. The quantitative estimate of drug-likeness (QED) is 0.477. The minimum Gasteiger partial charge on any atom is -0.380 e. The number of amidine groups is 1. The van der Waals surface area contributed by atoms with E-state index in [2.05, 4.69) is 14.9 Å². The van der Waals surface area contributed by atoms with E-state index in [4.69, 9.17) is 4.74 Å². The van der Waals surface area contributed by atoms with Crippen molar-refractivity contribution in [3.05, 3.63) is 58.0 Å². The second kappa shape index (κ2) is 11.8. The average Bonchev–Trinajstić information content (AvgIpc) is 3.47. The molecule has 0 N–H and O–H groups in total. The number of piperidine rings is 1. The predicted molar refractivity (Wildman–Crippen MR) is 143 cm³/mol. The zero-order valence-electron chi connectivity index (χ0n) is 21.3. The molecule has 200 valence electrons. The first-order valence-corrected chi connectivity index (χ1v) is 13.9. The smallest absolute Gasteiger partial charge is 0.258 e. The van der Waals surface area contributed by atoms with E-state index >= 15 is 0 Å². The Morgan fingerprint density at radius 3 is 2.66 bits per heavy atom. The summed E-state index contributed by atoms with van der Waals surface area (Å²) in [6.45, 7) is 4.42. The lowest BCUT2D eigenvalue weighted by atomic mass is 9.89. The Balaban J connectivity index is 1.24. The SMILES string of the molecule is CC(c1cccs1)N(CC1=NC(=O)C2COCCC2=N1)C(=O)CN1CCC(C(=O)c2ccc(F)cc2)CC1. The summed E-state index contributed by atoms with van der Waals surface area (Å²) in [5, 5.41) is 1.98. The third-order valence-electron chi connectivity index (χ3n) is 7.50. The summed E-state index contributed by atoms with van der Waals surface area (Å²) < 4.78 is 18.6. The van der Waals surface area contributed by atoms with Crippen LogP contribution in [0.3, 0.4) is 0 Å². The normalized spacial score (nSPS) is 21.3. The van der Waals surface area contributed by atoms with E-state index in [1.165, 1.54) is 24.3 Å². The number of hydrogen-bond acceptors (Lipinski definition) is 7. The summed E-state index contributed by atoms with van der Waals surface area (Å²) in [7, 11) is 0. The second-order valence-corrected chi connectivity index (χ2v) is 11.0. The molecule has 8 nitrogen and oxygen atoms in total. The molecule has 2 fully saturated rings. The van der Waals surface area contributed by atoms with Gasteiger partial charge in [-0.05, 0) is 68.6 Å². The number of thiophene rings is 1. The fourth-order valence-corrected chi connectivity index (χ4v) is 6.02. The number of halogens is 1. The monoisotopic (exact) mass is 538 g/mol. The highest BCUT2D eigenvalue weighted by Crippen LogP contribution is 2.27. The molecule has 2 saturated heterocycles. The minimum atomic E-state index is -0.412. The van der Waals surface area contributed by atoms with E-state index < -0.39 is 5.92 Å². The number of carbonyl (C=O) groups excluding carboxylic acids is 3. The summed E-state index contributed by atoms with van der Waals surface area (Å²) in [6, 6.07) is 9.42. The fraction of sp³-hybridized carbons (Fsp3) is 0.464. The zero-order chi connectivity index (χ0) is 26.6. The van der Waals surface area contributed by atoms with E-state index in [1.807, 2.05) is 24.4 Å². The van der Waals surface area contributed by atoms with Gasteiger partial charge in [0.15, 0.2) is 11.6 Å². The molecule has 2 aromatic rings. The zero-order valence-corrected chi connectivity index (χ0v) is 22.2. The van der Waals surface area contributed by atoms with Crippen LogP contribution in [0.15, 0.2) is 51.8 Å². The largest absolute Gasteiger partial charge is 0.380 e. The van der Waals surface area contributed by atoms with Crippen LogP contribution in [-0.4, -0.2) is 78.3 Å². The molecule has 0 bridgehead atoms. The maximum atomic E-state index is 13.6. The summed E-state index contributed by atoms with van der Waals surface area (Å²) in [5.74, 6) is -0.854. The van der Waals surface area contributed by atoms with Crippen molar-refractivity contribution in [2.45, 2.75) is 32.2 Å². The van der Waals surface area contributed by atoms with Gasteiger partial charge in [-0.25, -0.2) is 9.38 Å². The molecule has 3 aliphatic heterocycles. The Hall–Kier alpha value is -3.08. The van der Waals surface area contributed by atoms with Crippen molar-refractivity contribution in [3.63, 3.8) is 0 Å². The van der Waals surface area contributed by atoms with Gasteiger partial charge in [0.25, 0.3) is 5.91 Å². The molecule has 2 unspecified atom stereocenters. The van der Waals surface area contributed by atoms with Crippen molar-refractivity contribution in [1.29, 1.82) is 0 Å². The molecule has 1 aromatic carbocycles. The fourth-order valence-electron chi connectivity index (χ4n) is 5.22. The van der Waals surface area contributed by atoms with Gasteiger partial charge < -0.3 is 9.64 Å². The number of ketones is 1. The summed E-state index contributed by atoms with van der Waals surface area (Å²) in [5.41, 5.74) is 1.31. The third-order valence-corrected chi connectivity index (χ3v) is 8.54. The number of hydrogen-bond donors (Lipinski definition) is 0. The van der Waals surface area contributed by atoms with Crippen LogP contribution in [0, 0.1) is 17.7 Å². The maximum absolute atomic E-state index is 13.6. The highest BCUT2D eigenvalue weighted by atomic mass is 32.1. The molecule has 4 heterocycles. The van der Waals surface area contributed by atoms with Crippen molar-refractivity contribution in [2.24, 2.45) is 21.8 Å². The lowest BCUT2D eigenvalue weighted by Crippen LogP contribution is -2.47. The first-order chi connectivity index (χ1) is 18.4. The van der Waals surface area contributed by atoms with Gasteiger partial charge in [0.05, 0.1) is 32.3 Å². The number of carbonyl (C=O) groups is 3. The molecule has 5 rings (SSSR count). The Bertz CT molecular complexity index is 1240. The predicted octanol–water partition coefficient (Wildman–Crippen LogP) is 3.79. The molecule has 0 spiro atoms.